The third kappa shape index (κ3) is 3.70. The van der Waals surface area contributed by atoms with Crippen LogP contribution in [-0.4, -0.2) is 29.4 Å². The van der Waals surface area contributed by atoms with Crippen LogP contribution in [0, 0.1) is 11.8 Å². The van der Waals surface area contributed by atoms with Crippen molar-refractivity contribution in [1.82, 2.24) is 4.90 Å². The van der Waals surface area contributed by atoms with Gasteiger partial charge in [-0.1, -0.05) is 36.7 Å². The normalized spacial score (nSPS) is 31.7. The number of fused-ring (bicyclic) bond motifs is 3. The van der Waals surface area contributed by atoms with Crippen LogP contribution in [0.3, 0.4) is 0 Å². The molecule has 4 heteroatoms. The van der Waals surface area contributed by atoms with E-state index >= 15 is 0 Å². The molecule has 4 unspecified atom stereocenters. The molecule has 0 spiro atoms. The lowest BCUT2D eigenvalue weighted by Crippen LogP contribution is -2.63. The molecule has 31 heavy (non-hydrogen) atoms. The maximum atomic E-state index is 11.6. The van der Waals surface area contributed by atoms with E-state index in [1.807, 2.05) is 12.1 Å². The van der Waals surface area contributed by atoms with Crippen LogP contribution in [0.1, 0.15) is 56.7 Å². The summed E-state index contributed by atoms with van der Waals surface area (Å²) in [6, 6.07) is 16.2. The van der Waals surface area contributed by atoms with Crippen LogP contribution in [0.25, 0.3) is 0 Å². The molecule has 2 aliphatic carbocycles. The van der Waals surface area contributed by atoms with Crippen molar-refractivity contribution in [3.8, 4) is 0 Å². The van der Waals surface area contributed by atoms with Crippen molar-refractivity contribution in [2.24, 2.45) is 11.8 Å². The van der Waals surface area contributed by atoms with Crippen molar-refractivity contribution in [1.29, 1.82) is 0 Å². The molecule has 1 heterocycles. The molecule has 3 nitrogen and oxygen atoms in total. The van der Waals surface area contributed by atoms with E-state index in [2.05, 4.69) is 54.4 Å². The van der Waals surface area contributed by atoms with Gasteiger partial charge < -0.3 is 5.32 Å². The molecule has 1 amide bonds. The first-order valence-corrected chi connectivity index (χ1v) is 12.1. The number of likely N-dealkylation sites (tertiary alicyclic amines) is 1. The molecule has 1 aliphatic heterocycles. The highest BCUT2D eigenvalue weighted by atomic mass is 35.5. The lowest BCUT2D eigenvalue weighted by molar-refractivity contribution is -0.114. The summed E-state index contributed by atoms with van der Waals surface area (Å²) in [5.74, 6) is 1.48. The number of hydrogen-bond donors (Lipinski definition) is 1. The van der Waals surface area contributed by atoms with E-state index in [4.69, 9.17) is 11.6 Å². The van der Waals surface area contributed by atoms with Gasteiger partial charge in [-0.05, 0) is 97.2 Å². The van der Waals surface area contributed by atoms with Crippen LogP contribution in [0.15, 0.2) is 42.5 Å². The standard InChI is InChI=1S/C27H33ClN2O/c1-17-20-10-12-27(3)24-16-23(29-18(2)31)9-6-21(24)15-26(25(27)14-20)30(17)13-11-19-4-7-22(28)8-5-19/h4-9,16-17,20,25-26H,10-15H2,1-3H3,(H,29,31)/t17?,20?,25?,26?,27-/m0/s1. The Labute approximate surface area is 191 Å². The van der Waals surface area contributed by atoms with Gasteiger partial charge in [0, 0.05) is 36.3 Å². The zero-order valence-corrected chi connectivity index (χ0v) is 19.6. The highest BCUT2D eigenvalue weighted by Gasteiger charge is 2.54. The summed E-state index contributed by atoms with van der Waals surface area (Å²) in [5.41, 5.74) is 5.46. The summed E-state index contributed by atoms with van der Waals surface area (Å²) < 4.78 is 0. The maximum Gasteiger partial charge on any atom is 0.221 e. The van der Waals surface area contributed by atoms with Crippen LogP contribution >= 0.6 is 11.6 Å². The smallest absolute Gasteiger partial charge is 0.221 e. The van der Waals surface area contributed by atoms with Gasteiger partial charge in [0.05, 0.1) is 0 Å². The summed E-state index contributed by atoms with van der Waals surface area (Å²) in [6.07, 6.45) is 6.08. The van der Waals surface area contributed by atoms with Crippen molar-refractivity contribution >= 4 is 23.2 Å². The SMILES string of the molecule is CC(=O)Nc1ccc2c(c1)[C@]1(C)CCC3CC1C(C2)N(CCc1ccc(Cl)cc1)C3C. The van der Waals surface area contributed by atoms with Crippen LogP contribution in [0.4, 0.5) is 5.69 Å². The zero-order chi connectivity index (χ0) is 21.8. The number of carbonyl (C=O) groups is 1. The number of nitrogens with zero attached hydrogens (tertiary/aromatic N) is 1. The molecule has 2 fully saturated rings. The quantitative estimate of drug-likeness (QED) is 0.652. The lowest BCUT2D eigenvalue weighted by atomic mass is 9.52. The van der Waals surface area contributed by atoms with Crippen molar-refractivity contribution < 1.29 is 4.79 Å². The number of halogens is 1. The Balaban J connectivity index is 1.45. The fourth-order valence-electron chi connectivity index (χ4n) is 6.86. The molecule has 0 aromatic heterocycles. The minimum Gasteiger partial charge on any atom is -0.326 e. The number of piperidine rings is 1. The highest BCUT2D eigenvalue weighted by Crippen LogP contribution is 2.56. The zero-order valence-electron chi connectivity index (χ0n) is 18.8. The Hall–Kier alpha value is -1.84. The first kappa shape index (κ1) is 21.0. The van der Waals surface area contributed by atoms with Gasteiger partial charge in [0.15, 0.2) is 0 Å². The molecule has 2 aromatic rings. The summed E-state index contributed by atoms with van der Waals surface area (Å²) in [5, 5.41) is 3.81. The van der Waals surface area contributed by atoms with E-state index in [1.165, 1.54) is 36.0 Å². The first-order chi connectivity index (χ1) is 14.8. The molecule has 0 radical (unpaired) electrons. The molecule has 3 aliphatic rings. The molecular weight excluding hydrogens is 404 g/mol. The third-order valence-electron chi connectivity index (χ3n) is 8.55. The second kappa shape index (κ2) is 7.94. The average molecular weight is 437 g/mol. The van der Waals surface area contributed by atoms with E-state index < -0.39 is 0 Å². The predicted octanol–water partition coefficient (Wildman–Crippen LogP) is 5.84. The summed E-state index contributed by atoms with van der Waals surface area (Å²) >= 11 is 6.09. The second-order valence-corrected chi connectivity index (χ2v) is 10.7. The molecular formula is C27H33ClN2O. The van der Waals surface area contributed by atoms with Gasteiger partial charge in [-0.2, -0.15) is 0 Å². The van der Waals surface area contributed by atoms with Gasteiger partial charge in [0.25, 0.3) is 0 Å². The van der Waals surface area contributed by atoms with Crippen molar-refractivity contribution in [2.75, 3.05) is 11.9 Å². The predicted molar refractivity (Wildman–Crippen MR) is 128 cm³/mol. The maximum absolute atomic E-state index is 11.6. The Kier molecular flexibility index (Phi) is 5.38. The number of carbonyl (C=O) groups excluding carboxylic acids is 1. The Bertz CT molecular complexity index is 987. The first-order valence-electron chi connectivity index (χ1n) is 11.8. The number of nitrogens with one attached hydrogen (secondary N) is 1. The van der Waals surface area contributed by atoms with E-state index in [0.29, 0.717) is 18.0 Å². The number of amides is 1. The number of benzene rings is 2. The van der Waals surface area contributed by atoms with Gasteiger partial charge in [-0.3, -0.25) is 9.69 Å². The molecule has 5 atom stereocenters. The van der Waals surface area contributed by atoms with Crippen LogP contribution < -0.4 is 5.32 Å². The van der Waals surface area contributed by atoms with Crippen molar-refractivity contribution in [3.63, 3.8) is 0 Å². The van der Waals surface area contributed by atoms with E-state index in [9.17, 15) is 4.79 Å². The van der Waals surface area contributed by atoms with E-state index in [0.717, 1.165) is 36.0 Å². The van der Waals surface area contributed by atoms with Crippen LogP contribution in [0.5, 0.6) is 0 Å². The minimum atomic E-state index is 0.00219. The average Bonchev–Trinajstić information content (AvgIpc) is 2.74. The molecule has 5 rings (SSSR count). The van der Waals surface area contributed by atoms with Crippen LogP contribution in [0.2, 0.25) is 5.02 Å². The largest absolute Gasteiger partial charge is 0.326 e. The lowest BCUT2D eigenvalue weighted by Gasteiger charge is -2.61. The summed E-state index contributed by atoms with van der Waals surface area (Å²) in [4.78, 5) is 14.4. The molecule has 1 saturated heterocycles. The number of anilines is 1. The van der Waals surface area contributed by atoms with Gasteiger partial charge in [0.1, 0.15) is 0 Å². The Morgan fingerprint density at radius 1 is 1.23 bits per heavy atom. The van der Waals surface area contributed by atoms with Gasteiger partial charge in [-0.25, -0.2) is 0 Å². The van der Waals surface area contributed by atoms with Gasteiger partial charge in [0.2, 0.25) is 5.91 Å². The molecule has 164 valence electrons. The second-order valence-electron chi connectivity index (χ2n) is 10.2. The van der Waals surface area contributed by atoms with E-state index in [-0.39, 0.29) is 11.3 Å². The fraction of sp³-hybridized carbons (Fsp3) is 0.519. The third-order valence-corrected chi connectivity index (χ3v) is 8.80. The van der Waals surface area contributed by atoms with Gasteiger partial charge in [-0.15, -0.1) is 0 Å². The molecule has 2 aromatic carbocycles. The van der Waals surface area contributed by atoms with Crippen molar-refractivity contribution in [2.45, 2.75) is 70.4 Å². The number of rotatable bonds is 4. The highest BCUT2D eigenvalue weighted by molar-refractivity contribution is 6.30. The topological polar surface area (TPSA) is 32.3 Å². The molecule has 2 bridgehead atoms. The fourth-order valence-corrected chi connectivity index (χ4v) is 6.99. The Morgan fingerprint density at radius 2 is 2.00 bits per heavy atom. The molecule has 1 N–H and O–H groups in total. The van der Waals surface area contributed by atoms with E-state index in [1.54, 1.807) is 6.92 Å². The Morgan fingerprint density at radius 3 is 2.74 bits per heavy atom. The summed E-state index contributed by atoms with van der Waals surface area (Å²) in [6.45, 7) is 7.64. The monoisotopic (exact) mass is 436 g/mol. The van der Waals surface area contributed by atoms with Gasteiger partial charge >= 0.3 is 0 Å². The summed E-state index contributed by atoms with van der Waals surface area (Å²) in [7, 11) is 0. The van der Waals surface area contributed by atoms with Crippen molar-refractivity contribution in [3.05, 3.63) is 64.2 Å². The minimum absolute atomic E-state index is 0.00219. The number of hydrogen-bond acceptors (Lipinski definition) is 2. The molecule has 1 saturated carbocycles. The van der Waals surface area contributed by atoms with Crippen LogP contribution in [-0.2, 0) is 23.1 Å².